The number of aryl methyl sites for hydroxylation is 2. The number of sulfonamides is 1. The highest BCUT2D eigenvalue weighted by Crippen LogP contribution is 2.16. The zero-order valence-corrected chi connectivity index (χ0v) is 13.0. The van der Waals surface area contributed by atoms with Gasteiger partial charge in [-0.3, -0.25) is 0 Å². The molecule has 1 aromatic carbocycles. The van der Waals surface area contributed by atoms with Crippen LogP contribution in [0.4, 0.5) is 5.69 Å². The summed E-state index contributed by atoms with van der Waals surface area (Å²) < 4.78 is 26.8. The number of aromatic nitrogens is 1. The summed E-state index contributed by atoms with van der Waals surface area (Å²) in [5.41, 5.74) is 7.93. The van der Waals surface area contributed by atoms with Gasteiger partial charge in [-0.05, 0) is 37.6 Å². The van der Waals surface area contributed by atoms with Crippen LogP contribution in [-0.2, 0) is 16.4 Å². The minimum absolute atomic E-state index is 0.235. The SMILES string of the molecule is Cc1nc(CCNS(=O)(=O)c2ccc(N)c(C)c2)cs1. The van der Waals surface area contributed by atoms with E-state index >= 15 is 0 Å². The Morgan fingerprint density at radius 2 is 2.10 bits per heavy atom. The molecule has 0 aliphatic heterocycles. The number of nitrogens with one attached hydrogen (secondary N) is 1. The fraction of sp³-hybridized carbons (Fsp3) is 0.308. The van der Waals surface area contributed by atoms with Gasteiger partial charge in [0.25, 0.3) is 0 Å². The molecule has 0 saturated carbocycles. The Balaban J connectivity index is 2.02. The fourth-order valence-corrected chi connectivity index (χ4v) is 3.50. The molecule has 0 fully saturated rings. The average molecular weight is 311 g/mol. The van der Waals surface area contributed by atoms with E-state index in [1.807, 2.05) is 12.3 Å². The third-order valence-electron chi connectivity index (χ3n) is 2.89. The van der Waals surface area contributed by atoms with E-state index in [9.17, 15) is 8.42 Å². The van der Waals surface area contributed by atoms with Crippen molar-refractivity contribution in [1.29, 1.82) is 0 Å². The van der Waals surface area contributed by atoms with E-state index < -0.39 is 10.0 Å². The lowest BCUT2D eigenvalue weighted by atomic mass is 10.2. The smallest absolute Gasteiger partial charge is 0.240 e. The molecule has 0 bridgehead atoms. The van der Waals surface area contributed by atoms with Gasteiger partial charge in [0.1, 0.15) is 0 Å². The molecule has 108 valence electrons. The first kappa shape index (κ1) is 15.0. The van der Waals surface area contributed by atoms with Crippen LogP contribution in [0.1, 0.15) is 16.3 Å². The molecule has 0 aliphatic rings. The van der Waals surface area contributed by atoms with Gasteiger partial charge in [0.15, 0.2) is 0 Å². The van der Waals surface area contributed by atoms with Crippen LogP contribution in [0, 0.1) is 13.8 Å². The van der Waals surface area contributed by atoms with Crippen LogP contribution in [0.3, 0.4) is 0 Å². The van der Waals surface area contributed by atoms with Crippen molar-refractivity contribution in [3.8, 4) is 0 Å². The summed E-state index contributed by atoms with van der Waals surface area (Å²) >= 11 is 1.56. The number of nitrogen functional groups attached to an aromatic ring is 1. The molecule has 0 unspecified atom stereocenters. The molecule has 2 aromatic rings. The summed E-state index contributed by atoms with van der Waals surface area (Å²) in [6.07, 6.45) is 0.581. The fourth-order valence-electron chi connectivity index (χ4n) is 1.74. The molecule has 7 heteroatoms. The second-order valence-electron chi connectivity index (χ2n) is 4.52. The first-order valence-corrected chi connectivity index (χ1v) is 8.51. The third kappa shape index (κ3) is 3.56. The molecule has 0 atom stereocenters. The van der Waals surface area contributed by atoms with Gasteiger partial charge in [0.05, 0.1) is 15.6 Å². The van der Waals surface area contributed by atoms with E-state index in [4.69, 9.17) is 5.73 Å². The van der Waals surface area contributed by atoms with Gasteiger partial charge in [0.2, 0.25) is 10.0 Å². The van der Waals surface area contributed by atoms with Crippen LogP contribution in [-0.4, -0.2) is 19.9 Å². The maximum absolute atomic E-state index is 12.1. The van der Waals surface area contributed by atoms with Crippen molar-refractivity contribution >= 4 is 27.0 Å². The summed E-state index contributed by atoms with van der Waals surface area (Å²) in [6.45, 7) is 4.04. The number of hydrogen-bond donors (Lipinski definition) is 2. The van der Waals surface area contributed by atoms with E-state index in [2.05, 4.69) is 9.71 Å². The van der Waals surface area contributed by atoms with Crippen molar-refractivity contribution in [3.05, 3.63) is 39.8 Å². The summed E-state index contributed by atoms with van der Waals surface area (Å²) in [6, 6.07) is 4.69. The second-order valence-corrected chi connectivity index (χ2v) is 7.35. The van der Waals surface area contributed by atoms with Gasteiger partial charge in [-0.15, -0.1) is 11.3 Å². The number of thiazole rings is 1. The molecule has 0 aliphatic carbocycles. The zero-order chi connectivity index (χ0) is 14.8. The first-order valence-electron chi connectivity index (χ1n) is 6.15. The number of benzene rings is 1. The van der Waals surface area contributed by atoms with Crippen molar-refractivity contribution in [1.82, 2.24) is 9.71 Å². The molecule has 0 amide bonds. The van der Waals surface area contributed by atoms with Crippen LogP contribution < -0.4 is 10.5 Å². The normalized spacial score (nSPS) is 11.7. The summed E-state index contributed by atoms with van der Waals surface area (Å²) in [7, 11) is -3.49. The molecule has 0 saturated heterocycles. The highest BCUT2D eigenvalue weighted by molar-refractivity contribution is 7.89. The van der Waals surface area contributed by atoms with Crippen molar-refractivity contribution in [3.63, 3.8) is 0 Å². The minimum Gasteiger partial charge on any atom is -0.399 e. The summed E-state index contributed by atoms with van der Waals surface area (Å²) in [4.78, 5) is 4.53. The predicted octanol–water partition coefficient (Wildman–Crippen LogP) is 1.86. The zero-order valence-electron chi connectivity index (χ0n) is 11.4. The van der Waals surface area contributed by atoms with Crippen LogP contribution in [0.5, 0.6) is 0 Å². The van der Waals surface area contributed by atoms with E-state index in [1.165, 1.54) is 6.07 Å². The lowest BCUT2D eigenvalue weighted by Gasteiger charge is -2.08. The first-order chi connectivity index (χ1) is 9.38. The number of nitrogens with two attached hydrogens (primary N) is 1. The van der Waals surface area contributed by atoms with Gasteiger partial charge in [-0.1, -0.05) is 0 Å². The molecule has 1 heterocycles. The van der Waals surface area contributed by atoms with E-state index in [-0.39, 0.29) is 4.90 Å². The van der Waals surface area contributed by atoms with Gasteiger partial charge in [-0.2, -0.15) is 0 Å². The number of nitrogens with zero attached hydrogens (tertiary/aromatic N) is 1. The minimum atomic E-state index is -3.49. The lowest BCUT2D eigenvalue weighted by Crippen LogP contribution is -2.26. The topological polar surface area (TPSA) is 85.1 Å². The summed E-state index contributed by atoms with van der Waals surface area (Å²) in [5.74, 6) is 0. The standard InChI is InChI=1S/C13H17N3O2S2/c1-9-7-12(3-4-13(9)14)20(17,18)15-6-5-11-8-19-10(2)16-11/h3-4,7-8,15H,5-6,14H2,1-2H3. The molecular formula is C13H17N3O2S2. The molecule has 0 spiro atoms. The van der Waals surface area contributed by atoms with Crippen LogP contribution >= 0.6 is 11.3 Å². The van der Waals surface area contributed by atoms with E-state index in [0.29, 0.717) is 18.7 Å². The number of rotatable bonds is 5. The Labute approximate surface area is 122 Å². The molecule has 5 nitrogen and oxygen atoms in total. The predicted molar refractivity (Wildman–Crippen MR) is 81.3 cm³/mol. The van der Waals surface area contributed by atoms with Crippen molar-refractivity contribution in [2.45, 2.75) is 25.2 Å². The Morgan fingerprint density at radius 1 is 1.35 bits per heavy atom. The Morgan fingerprint density at radius 3 is 2.70 bits per heavy atom. The third-order valence-corrected chi connectivity index (χ3v) is 5.17. The number of anilines is 1. The Hall–Kier alpha value is -1.44. The molecule has 2 rings (SSSR count). The monoisotopic (exact) mass is 311 g/mol. The maximum atomic E-state index is 12.1. The van der Waals surface area contributed by atoms with E-state index in [0.717, 1.165) is 16.3 Å². The van der Waals surface area contributed by atoms with E-state index in [1.54, 1.807) is 30.4 Å². The van der Waals surface area contributed by atoms with Crippen LogP contribution in [0.2, 0.25) is 0 Å². The largest absolute Gasteiger partial charge is 0.399 e. The maximum Gasteiger partial charge on any atom is 0.240 e. The van der Waals surface area contributed by atoms with Crippen molar-refractivity contribution in [2.24, 2.45) is 0 Å². The molecule has 0 radical (unpaired) electrons. The van der Waals surface area contributed by atoms with Gasteiger partial charge >= 0.3 is 0 Å². The van der Waals surface area contributed by atoms with Crippen molar-refractivity contribution < 1.29 is 8.42 Å². The number of hydrogen-bond acceptors (Lipinski definition) is 5. The Bertz CT molecular complexity index is 708. The van der Waals surface area contributed by atoms with Gasteiger partial charge < -0.3 is 5.73 Å². The quantitative estimate of drug-likeness (QED) is 0.825. The molecular weight excluding hydrogens is 294 g/mol. The van der Waals surface area contributed by atoms with Gasteiger partial charge in [-0.25, -0.2) is 18.1 Å². The summed E-state index contributed by atoms with van der Waals surface area (Å²) in [5, 5.41) is 2.92. The highest BCUT2D eigenvalue weighted by Gasteiger charge is 2.14. The Kier molecular flexibility index (Phi) is 4.42. The van der Waals surface area contributed by atoms with Crippen molar-refractivity contribution in [2.75, 3.05) is 12.3 Å². The molecule has 20 heavy (non-hydrogen) atoms. The average Bonchev–Trinajstić information content (AvgIpc) is 2.78. The second kappa shape index (κ2) is 5.90. The van der Waals surface area contributed by atoms with Crippen LogP contribution in [0.25, 0.3) is 0 Å². The van der Waals surface area contributed by atoms with Crippen LogP contribution in [0.15, 0.2) is 28.5 Å². The van der Waals surface area contributed by atoms with Gasteiger partial charge in [0, 0.05) is 24.0 Å². The lowest BCUT2D eigenvalue weighted by molar-refractivity contribution is 0.581. The highest BCUT2D eigenvalue weighted by atomic mass is 32.2. The molecule has 3 N–H and O–H groups in total. The molecule has 1 aromatic heterocycles.